The molecule has 0 atom stereocenters. The summed E-state index contributed by atoms with van der Waals surface area (Å²) in [5.74, 6) is -1.42. The maximum atomic E-state index is 12.0. The molecule has 0 saturated heterocycles. The first kappa shape index (κ1) is 16.9. The van der Waals surface area contributed by atoms with Gasteiger partial charge in [0.2, 0.25) is 10.0 Å². The highest BCUT2D eigenvalue weighted by Crippen LogP contribution is 2.13. The summed E-state index contributed by atoms with van der Waals surface area (Å²) in [5, 5.41) is 16.0. The molecule has 8 nitrogen and oxygen atoms in total. The molecule has 0 saturated carbocycles. The Hall–Kier alpha value is -2.13. The number of urea groups is 1. The van der Waals surface area contributed by atoms with E-state index in [2.05, 4.69) is 5.32 Å². The number of aliphatic carboxylic acids is 1. The predicted octanol–water partition coefficient (Wildman–Crippen LogP) is -0.0342. The number of carbonyl (C=O) groups excluding carboxylic acids is 1. The van der Waals surface area contributed by atoms with Gasteiger partial charge in [0.25, 0.3) is 0 Å². The van der Waals surface area contributed by atoms with Gasteiger partial charge < -0.3 is 10.4 Å². The summed E-state index contributed by atoms with van der Waals surface area (Å²) in [6, 6.07) is 7.91. The first-order chi connectivity index (χ1) is 9.79. The summed E-state index contributed by atoms with van der Waals surface area (Å²) < 4.78 is 21.6. The van der Waals surface area contributed by atoms with Crippen molar-refractivity contribution < 1.29 is 23.1 Å². The van der Waals surface area contributed by atoms with Gasteiger partial charge >= 0.3 is 12.0 Å². The second-order valence-electron chi connectivity index (χ2n) is 4.23. The van der Waals surface area contributed by atoms with Gasteiger partial charge in [0, 0.05) is 18.8 Å². The van der Waals surface area contributed by atoms with Crippen molar-refractivity contribution in [2.45, 2.75) is 6.42 Å². The van der Waals surface area contributed by atoms with Crippen LogP contribution in [0.25, 0.3) is 0 Å². The molecule has 9 heteroatoms. The fourth-order valence-electron chi connectivity index (χ4n) is 1.56. The molecule has 0 bridgehead atoms. The normalized spacial score (nSPS) is 10.9. The number of carbonyl (C=O) groups is 2. The monoisotopic (exact) mass is 315 g/mol. The number of benzene rings is 1. The zero-order chi connectivity index (χ0) is 15.9. The van der Waals surface area contributed by atoms with Crippen LogP contribution in [0.5, 0.6) is 0 Å². The molecular weight excluding hydrogens is 298 g/mol. The van der Waals surface area contributed by atoms with Crippen LogP contribution in [0.1, 0.15) is 6.42 Å². The summed E-state index contributed by atoms with van der Waals surface area (Å²) >= 11 is 0. The second-order valence-corrected chi connectivity index (χ2v) is 5.96. The fraction of sp³-hybridized carbons (Fsp3) is 0.333. The van der Waals surface area contributed by atoms with Crippen LogP contribution in [-0.2, 0) is 14.8 Å². The highest BCUT2D eigenvalue weighted by Gasteiger charge is 2.16. The molecule has 0 aromatic heterocycles. The van der Waals surface area contributed by atoms with Crippen molar-refractivity contribution in [2.24, 2.45) is 5.14 Å². The fourth-order valence-corrected chi connectivity index (χ4v) is 1.95. The van der Waals surface area contributed by atoms with Crippen LogP contribution < -0.4 is 15.4 Å². The van der Waals surface area contributed by atoms with Crippen molar-refractivity contribution in [2.75, 3.05) is 23.7 Å². The number of para-hydroxylation sites is 1. The molecule has 0 heterocycles. The van der Waals surface area contributed by atoms with Crippen LogP contribution in [0.4, 0.5) is 10.5 Å². The van der Waals surface area contributed by atoms with Crippen molar-refractivity contribution in [3.05, 3.63) is 30.3 Å². The summed E-state index contributed by atoms with van der Waals surface area (Å²) in [4.78, 5) is 23.9. The number of carboxylic acids is 1. The SMILES string of the molecule is NS(=O)(=O)CCNC(=O)N(CCC(=O)O)c1ccccc1. The molecule has 2 amide bonds. The number of carboxylic acid groups (broad SMARTS) is 1. The Labute approximate surface area is 122 Å². The van der Waals surface area contributed by atoms with E-state index in [1.807, 2.05) is 0 Å². The van der Waals surface area contributed by atoms with Gasteiger partial charge in [-0.25, -0.2) is 18.4 Å². The van der Waals surface area contributed by atoms with Crippen LogP contribution in [0.15, 0.2) is 30.3 Å². The lowest BCUT2D eigenvalue weighted by Gasteiger charge is -2.22. The first-order valence-corrected chi connectivity index (χ1v) is 7.84. The zero-order valence-corrected chi connectivity index (χ0v) is 12.0. The average Bonchev–Trinajstić information content (AvgIpc) is 2.38. The van der Waals surface area contributed by atoms with Gasteiger partial charge in [-0.2, -0.15) is 0 Å². The molecule has 0 aliphatic carbocycles. The van der Waals surface area contributed by atoms with E-state index in [-0.39, 0.29) is 25.3 Å². The molecule has 21 heavy (non-hydrogen) atoms. The minimum Gasteiger partial charge on any atom is -0.481 e. The van der Waals surface area contributed by atoms with E-state index in [1.54, 1.807) is 30.3 Å². The molecule has 0 unspecified atom stereocenters. The Bertz CT molecular complexity index is 588. The second kappa shape index (κ2) is 7.60. The lowest BCUT2D eigenvalue weighted by atomic mass is 10.3. The smallest absolute Gasteiger partial charge is 0.321 e. The van der Waals surface area contributed by atoms with Gasteiger partial charge in [0.05, 0.1) is 12.2 Å². The Morgan fingerprint density at radius 2 is 1.86 bits per heavy atom. The van der Waals surface area contributed by atoms with E-state index in [1.165, 1.54) is 4.90 Å². The molecule has 0 radical (unpaired) electrons. The maximum absolute atomic E-state index is 12.0. The van der Waals surface area contributed by atoms with Crippen molar-refractivity contribution in [3.63, 3.8) is 0 Å². The highest BCUT2D eigenvalue weighted by molar-refractivity contribution is 7.89. The topological polar surface area (TPSA) is 130 Å². The number of nitrogens with one attached hydrogen (secondary N) is 1. The van der Waals surface area contributed by atoms with Crippen molar-refractivity contribution >= 4 is 27.7 Å². The van der Waals surface area contributed by atoms with Crippen LogP contribution in [0, 0.1) is 0 Å². The number of hydrogen-bond donors (Lipinski definition) is 3. The van der Waals surface area contributed by atoms with Gasteiger partial charge in [-0.1, -0.05) is 18.2 Å². The van der Waals surface area contributed by atoms with Gasteiger partial charge in [0.1, 0.15) is 0 Å². The molecular formula is C12H17N3O5S. The lowest BCUT2D eigenvalue weighted by molar-refractivity contribution is -0.136. The predicted molar refractivity (Wildman–Crippen MR) is 77.4 cm³/mol. The van der Waals surface area contributed by atoms with Gasteiger partial charge in [-0.05, 0) is 12.1 Å². The van der Waals surface area contributed by atoms with E-state index in [0.717, 1.165) is 0 Å². The van der Waals surface area contributed by atoms with Crippen molar-refractivity contribution in [1.82, 2.24) is 5.32 Å². The molecule has 0 aliphatic rings. The van der Waals surface area contributed by atoms with Crippen LogP contribution >= 0.6 is 0 Å². The molecule has 1 aromatic carbocycles. The molecule has 0 spiro atoms. The molecule has 4 N–H and O–H groups in total. The zero-order valence-electron chi connectivity index (χ0n) is 11.2. The largest absolute Gasteiger partial charge is 0.481 e. The molecule has 116 valence electrons. The van der Waals surface area contributed by atoms with Gasteiger partial charge in [-0.3, -0.25) is 9.69 Å². The molecule has 1 aromatic rings. The standard InChI is InChI=1S/C12H17N3O5S/c13-21(19,20)9-7-14-12(18)15(8-6-11(16)17)10-4-2-1-3-5-10/h1-5H,6-9H2,(H,14,18)(H,16,17)(H2,13,19,20). The third-order valence-corrected chi connectivity index (χ3v) is 3.30. The van der Waals surface area contributed by atoms with E-state index in [0.29, 0.717) is 5.69 Å². The summed E-state index contributed by atoms with van der Waals surface area (Å²) in [7, 11) is -3.66. The Morgan fingerprint density at radius 1 is 1.24 bits per heavy atom. The van der Waals surface area contributed by atoms with E-state index in [9.17, 15) is 18.0 Å². The first-order valence-electron chi connectivity index (χ1n) is 6.12. The number of anilines is 1. The van der Waals surface area contributed by atoms with E-state index >= 15 is 0 Å². The third kappa shape index (κ3) is 6.72. The van der Waals surface area contributed by atoms with Gasteiger partial charge in [-0.15, -0.1) is 0 Å². The summed E-state index contributed by atoms with van der Waals surface area (Å²) in [6.07, 6.45) is -0.225. The van der Waals surface area contributed by atoms with E-state index in [4.69, 9.17) is 10.2 Å². The highest BCUT2D eigenvalue weighted by atomic mass is 32.2. The summed E-state index contributed by atoms with van der Waals surface area (Å²) in [5.41, 5.74) is 0.520. The number of primary sulfonamides is 1. The van der Waals surface area contributed by atoms with Crippen LogP contribution in [0.2, 0.25) is 0 Å². The number of nitrogens with two attached hydrogens (primary N) is 1. The van der Waals surface area contributed by atoms with Gasteiger partial charge in [0.15, 0.2) is 0 Å². The summed E-state index contributed by atoms with van der Waals surface area (Å²) in [6.45, 7) is -0.172. The maximum Gasteiger partial charge on any atom is 0.321 e. The Balaban J connectivity index is 2.71. The molecule has 1 rings (SSSR count). The quantitative estimate of drug-likeness (QED) is 0.650. The molecule has 0 aliphatic heterocycles. The number of hydrogen-bond acceptors (Lipinski definition) is 4. The van der Waals surface area contributed by atoms with Crippen LogP contribution in [0.3, 0.4) is 0 Å². The minimum atomic E-state index is -3.66. The Morgan fingerprint density at radius 3 is 2.38 bits per heavy atom. The lowest BCUT2D eigenvalue weighted by Crippen LogP contribution is -2.43. The third-order valence-electron chi connectivity index (χ3n) is 2.53. The van der Waals surface area contributed by atoms with Crippen molar-refractivity contribution in [1.29, 1.82) is 0 Å². The van der Waals surface area contributed by atoms with Crippen LogP contribution in [-0.4, -0.2) is 44.4 Å². The number of sulfonamides is 1. The Kier molecular flexibility index (Phi) is 6.12. The average molecular weight is 315 g/mol. The minimum absolute atomic E-state index is 0.0272. The number of nitrogens with zero attached hydrogens (tertiary/aromatic N) is 1. The number of rotatable bonds is 7. The molecule has 0 fully saturated rings. The van der Waals surface area contributed by atoms with Crippen molar-refractivity contribution in [3.8, 4) is 0 Å². The van der Waals surface area contributed by atoms with E-state index < -0.39 is 22.0 Å². The number of amides is 2.